The number of carbonyl (C=O) groups excluding carboxylic acids is 1. The molecule has 0 radical (unpaired) electrons. The fourth-order valence-electron chi connectivity index (χ4n) is 3.39. The first kappa shape index (κ1) is 12.6. The predicted molar refractivity (Wildman–Crippen MR) is 67.4 cm³/mol. The molecular weight excluding hydrogens is 264 g/mol. The summed E-state index contributed by atoms with van der Waals surface area (Å²) in [5.41, 5.74) is -0.191. The van der Waals surface area contributed by atoms with Gasteiger partial charge in [0.1, 0.15) is 6.29 Å². The summed E-state index contributed by atoms with van der Waals surface area (Å²) in [7, 11) is 0. The second kappa shape index (κ2) is 4.03. The second-order valence-corrected chi connectivity index (χ2v) is 5.26. The first-order valence-corrected chi connectivity index (χ1v) is 6.20. The van der Waals surface area contributed by atoms with Crippen molar-refractivity contribution >= 4 is 18.1 Å². The van der Waals surface area contributed by atoms with E-state index in [1.807, 2.05) is 0 Å². The number of hydrogen-bond acceptors (Lipinski definition) is 4. The molecule has 0 bridgehead atoms. The molecule has 2 atom stereocenters. The number of likely N-dealkylation sites (tertiary alicyclic amines) is 1. The molecule has 0 spiro atoms. The third-order valence-electron chi connectivity index (χ3n) is 4.46. The van der Waals surface area contributed by atoms with Gasteiger partial charge in [0.05, 0.1) is 10.3 Å². The molecule has 104 valence electrons. The van der Waals surface area contributed by atoms with E-state index in [2.05, 4.69) is 0 Å². The molecule has 3 rings (SSSR count). The van der Waals surface area contributed by atoms with Crippen molar-refractivity contribution in [2.24, 2.45) is 11.8 Å². The first-order valence-electron chi connectivity index (χ1n) is 6.20. The molecule has 1 aromatic rings. The Bertz CT molecular complexity index is 603. The van der Waals surface area contributed by atoms with Gasteiger partial charge in [-0.15, -0.1) is 0 Å². The summed E-state index contributed by atoms with van der Waals surface area (Å²) in [5, 5.41) is 19.7. The third kappa shape index (κ3) is 1.52. The lowest BCUT2D eigenvalue weighted by Crippen LogP contribution is -2.34. The van der Waals surface area contributed by atoms with Crippen LogP contribution in [-0.4, -0.2) is 40.4 Å². The molecule has 7 nitrogen and oxygen atoms in total. The summed E-state index contributed by atoms with van der Waals surface area (Å²) in [6.45, 7) is 0.614. The molecule has 1 saturated heterocycles. The van der Waals surface area contributed by atoms with Crippen LogP contribution < -0.4 is 0 Å². The number of carbonyl (C=O) groups is 2. The van der Waals surface area contributed by atoms with Crippen LogP contribution in [0.2, 0.25) is 0 Å². The van der Waals surface area contributed by atoms with Crippen molar-refractivity contribution in [3.05, 3.63) is 39.9 Å². The van der Waals surface area contributed by atoms with Gasteiger partial charge in [-0.3, -0.25) is 10.1 Å². The molecule has 1 heterocycles. The van der Waals surface area contributed by atoms with Crippen molar-refractivity contribution in [3.63, 3.8) is 0 Å². The quantitative estimate of drug-likeness (QED) is 0.509. The van der Waals surface area contributed by atoms with Crippen LogP contribution in [0.5, 0.6) is 0 Å². The van der Waals surface area contributed by atoms with Crippen LogP contribution in [0.4, 0.5) is 10.5 Å². The molecule has 2 fully saturated rings. The Labute approximate surface area is 114 Å². The van der Waals surface area contributed by atoms with Gasteiger partial charge >= 0.3 is 6.09 Å². The molecule has 0 aromatic heterocycles. The third-order valence-corrected chi connectivity index (χ3v) is 4.46. The van der Waals surface area contributed by atoms with Crippen molar-refractivity contribution in [1.29, 1.82) is 0 Å². The lowest BCUT2D eigenvalue weighted by atomic mass is 9.91. The molecule has 20 heavy (non-hydrogen) atoms. The van der Waals surface area contributed by atoms with Crippen LogP contribution in [0.3, 0.4) is 0 Å². The maximum Gasteiger partial charge on any atom is 0.407 e. The van der Waals surface area contributed by atoms with Gasteiger partial charge in [0.15, 0.2) is 0 Å². The minimum atomic E-state index is -0.990. The highest BCUT2D eigenvalue weighted by Gasteiger charge is 2.70. The minimum absolute atomic E-state index is 0.0520. The van der Waals surface area contributed by atoms with Crippen LogP contribution in [0, 0.1) is 22.0 Å². The number of carboxylic acid groups (broad SMARTS) is 1. The first-order chi connectivity index (χ1) is 9.50. The topological polar surface area (TPSA) is 101 Å². The number of piperidine rings is 1. The van der Waals surface area contributed by atoms with Crippen LogP contribution in [0.25, 0.3) is 0 Å². The molecule has 1 aromatic carbocycles. The fourth-order valence-corrected chi connectivity index (χ4v) is 3.39. The summed E-state index contributed by atoms with van der Waals surface area (Å²) in [5.74, 6) is -0.142. The Balaban J connectivity index is 1.91. The van der Waals surface area contributed by atoms with E-state index in [-0.39, 0.29) is 17.5 Å². The fraction of sp³-hybridized carbons (Fsp3) is 0.385. The monoisotopic (exact) mass is 276 g/mol. The van der Waals surface area contributed by atoms with Gasteiger partial charge < -0.3 is 14.8 Å². The highest BCUT2D eigenvalue weighted by Crippen LogP contribution is 2.62. The largest absolute Gasteiger partial charge is 0.465 e. The zero-order valence-corrected chi connectivity index (χ0v) is 10.4. The summed E-state index contributed by atoms with van der Waals surface area (Å²) in [6, 6.07) is 6.05. The average Bonchev–Trinajstić information content (AvgIpc) is 2.81. The van der Waals surface area contributed by atoms with Gasteiger partial charge in [0, 0.05) is 25.2 Å². The van der Waals surface area contributed by atoms with Crippen molar-refractivity contribution in [1.82, 2.24) is 4.90 Å². The Morgan fingerprint density at radius 2 is 2.10 bits per heavy atom. The smallest absolute Gasteiger partial charge is 0.407 e. The second-order valence-electron chi connectivity index (χ2n) is 5.26. The molecular formula is C13H12N2O5. The van der Waals surface area contributed by atoms with E-state index in [1.54, 1.807) is 12.1 Å². The van der Waals surface area contributed by atoms with Gasteiger partial charge in [0.2, 0.25) is 0 Å². The SMILES string of the molecule is O=CC1(c2cccc([N+](=O)[O-])c2)C2CN(C(=O)O)CC21. The zero-order valence-electron chi connectivity index (χ0n) is 10.4. The Morgan fingerprint density at radius 3 is 2.60 bits per heavy atom. The van der Waals surface area contributed by atoms with Crippen molar-refractivity contribution in [3.8, 4) is 0 Å². The number of aldehydes is 1. The Morgan fingerprint density at radius 1 is 1.45 bits per heavy atom. The van der Waals surface area contributed by atoms with Gasteiger partial charge in [-0.1, -0.05) is 12.1 Å². The molecule has 7 heteroatoms. The van der Waals surface area contributed by atoms with E-state index >= 15 is 0 Å². The minimum Gasteiger partial charge on any atom is -0.465 e. The molecule has 2 unspecified atom stereocenters. The van der Waals surface area contributed by atoms with E-state index < -0.39 is 16.4 Å². The van der Waals surface area contributed by atoms with Crippen molar-refractivity contribution < 1.29 is 19.6 Å². The van der Waals surface area contributed by atoms with Gasteiger partial charge in [-0.2, -0.15) is 0 Å². The molecule has 1 aliphatic carbocycles. The molecule has 1 N–H and O–H groups in total. The van der Waals surface area contributed by atoms with Crippen LogP contribution in [0.15, 0.2) is 24.3 Å². The number of nitro benzene ring substituents is 1. The highest BCUT2D eigenvalue weighted by molar-refractivity contribution is 5.78. The summed E-state index contributed by atoms with van der Waals surface area (Å²) >= 11 is 0. The van der Waals surface area contributed by atoms with Gasteiger partial charge in [0.25, 0.3) is 5.69 Å². The lowest BCUT2D eigenvalue weighted by molar-refractivity contribution is -0.384. The Kier molecular flexibility index (Phi) is 2.53. The van der Waals surface area contributed by atoms with E-state index in [9.17, 15) is 19.7 Å². The molecule has 1 saturated carbocycles. The molecule has 2 aliphatic rings. The van der Waals surface area contributed by atoms with Gasteiger partial charge in [-0.05, 0) is 17.4 Å². The number of non-ortho nitro benzene ring substituents is 1. The van der Waals surface area contributed by atoms with Crippen LogP contribution in [-0.2, 0) is 10.2 Å². The summed E-state index contributed by atoms with van der Waals surface area (Å²) < 4.78 is 0. The van der Waals surface area contributed by atoms with E-state index in [1.165, 1.54) is 17.0 Å². The highest BCUT2D eigenvalue weighted by atomic mass is 16.6. The predicted octanol–water partition coefficient (Wildman–Crippen LogP) is 1.27. The number of amides is 1. The van der Waals surface area contributed by atoms with Gasteiger partial charge in [-0.25, -0.2) is 4.79 Å². The number of rotatable bonds is 3. The molecule has 1 aliphatic heterocycles. The number of fused-ring (bicyclic) bond motifs is 1. The van der Waals surface area contributed by atoms with E-state index in [0.717, 1.165) is 6.29 Å². The average molecular weight is 276 g/mol. The molecule has 1 amide bonds. The zero-order chi connectivity index (χ0) is 14.5. The lowest BCUT2D eigenvalue weighted by Gasteiger charge is -2.21. The number of hydrogen-bond donors (Lipinski definition) is 1. The Hall–Kier alpha value is -2.44. The van der Waals surface area contributed by atoms with Crippen LogP contribution in [0.1, 0.15) is 5.56 Å². The maximum absolute atomic E-state index is 11.5. The van der Waals surface area contributed by atoms with Crippen molar-refractivity contribution in [2.45, 2.75) is 5.41 Å². The summed E-state index contributed by atoms with van der Waals surface area (Å²) in [4.78, 5) is 34.0. The van der Waals surface area contributed by atoms with Crippen LogP contribution >= 0.6 is 0 Å². The van der Waals surface area contributed by atoms with Crippen molar-refractivity contribution in [2.75, 3.05) is 13.1 Å². The standard InChI is InChI=1S/C13H12N2O5/c16-7-13(8-2-1-3-9(4-8)15(19)20)10-5-14(12(17)18)6-11(10)13/h1-4,7,10-11H,5-6H2,(H,17,18). The number of nitro groups is 1. The normalized spacial score (nSPS) is 30.7. The number of benzene rings is 1. The van der Waals surface area contributed by atoms with E-state index in [4.69, 9.17) is 5.11 Å². The van der Waals surface area contributed by atoms with E-state index in [0.29, 0.717) is 18.7 Å². The maximum atomic E-state index is 11.5. The summed E-state index contributed by atoms with van der Waals surface area (Å²) in [6.07, 6.45) is -0.170. The number of nitrogens with zero attached hydrogens (tertiary/aromatic N) is 2.